The predicted molar refractivity (Wildman–Crippen MR) is 173 cm³/mol. The summed E-state index contributed by atoms with van der Waals surface area (Å²) in [7, 11) is 3.02. The van der Waals surface area contributed by atoms with Gasteiger partial charge in [0.1, 0.15) is 22.2 Å². The summed E-state index contributed by atoms with van der Waals surface area (Å²) in [5.74, 6) is 0.500. The third-order valence-electron chi connectivity index (χ3n) is 7.35. The standard InChI is InChI=1S/C33H30N4O7S/c1-4-23-16-26-30(39)36(18-27(38)19-11-13-22(43-2)14-12-19)33(42)37(31(26)45-23)17-21-10-9-20(15-28(21)44-3)24-7-5-6-8-25(24)29(34)35-32(40)41/h5-16H,4,17-18H2,1-3H3,(H2,34,35)(H,40,41). The lowest BCUT2D eigenvalue weighted by Gasteiger charge is -2.16. The van der Waals surface area contributed by atoms with Gasteiger partial charge in [0.2, 0.25) is 0 Å². The van der Waals surface area contributed by atoms with Crippen molar-refractivity contribution in [1.82, 2.24) is 9.13 Å². The van der Waals surface area contributed by atoms with Crippen LogP contribution in [0.2, 0.25) is 0 Å². The molecule has 3 N–H and O–H groups in total. The van der Waals surface area contributed by atoms with Crippen LogP contribution < -0.4 is 26.5 Å². The molecule has 0 spiro atoms. The van der Waals surface area contributed by atoms with Crippen molar-refractivity contribution in [2.24, 2.45) is 10.7 Å². The van der Waals surface area contributed by atoms with Crippen LogP contribution >= 0.6 is 11.3 Å². The van der Waals surface area contributed by atoms with E-state index in [1.54, 1.807) is 66.7 Å². The molecule has 0 aliphatic rings. The molecule has 230 valence electrons. The van der Waals surface area contributed by atoms with Crippen molar-refractivity contribution in [3.63, 3.8) is 0 Å². The average molecular weight is 627 g/mol. The third-order valence-corrected chi connectivity index (χ3v) is 8.66. The lowest BCUT2D eigenvalue weighted by Crippen LogP contribution is -2.41. The predicted octanol–water partition coefficient (Wildman–Crippen LogP) is 4.79. The number of nitrogens with zero attached hydrogens (tertiary/aromatic N) is 3. The van der Waals surface area contributed by atoms with Crippen molar-refractivity contribution in [2.45, 2.75) is 26.4 Å². The van der Waals surface area contributed by atoms with Crippen molar-refractivity contribution in [3.05, 3.63) is 115 Å². The summed E-state index contributed by atoms with van der Waals surface area (Å²) in [4.78, 5) is 56.6. The molecule has 45 heavy (non-hydrogen) atoms. The minimum absolute atomic E-state index is 0.0592. The van der Waals surface area contributed by atoms with Crippen LogP contribution in [0.3, 0.4) is 0 Å². The number of amides is 1. The number of methoxy groups -OCH3 is 2. The summed E-state index contributed by atoms with van der Waals surface area (Å²) in [5, 5.41) is 9.44. The molecule has 0 aliphatic carbocycles. The zero-order valence-corrected chi connectivity index (χ0v) is 25.6. The summed E-state index contributed by atoms with van der Waals surface area (Å²) in [6, 6.07) is 20.6. The number of aryl methyl sites for hydroxylation is 1. The maximum absolute atomic E-state index is 13.9. The van der Waals surface area contributed by atoms with Gasteiger partial charge in [-0.05, 0) is 53.9 Å². The number of amidine groups is 1. The second-order valence-electron chi connectivity index (χ2n) is 10.0. The van der Waals surface area contributed by atoms with Crippen LogP contribution in [-0.2, 0) is 19.5 Å². The van der Waals surface area contributed by atoms with Gasteiger partial charge < -0.3 is 20.3 Å². The number of nitrogens with two attached hydrogens (primary N) is 1. The van der Waals surface area contributed by atoms with Crippen LogP contribution in [0.15, 0.2) is 87.4 Å². The summed E-state index contributed by atoms with van der Waals surface area (Å²) < 4.78 is 13.3. The average Bonchev–Trinajstić information content (AvgIpc) is 3.49. The monoisotopic (exact) mass is 626 g/mol. The van der Waals surface area contributed by atoms with E-state index >= 15 is 0 Å². The molecule has 0 saturated carbocycles. The maximum Gasteiger partial charge on any atom is 0.433 e. The van der Waals surface area contributed by atoms with E-state index in [2.05, 4.69) is 4.99 Å². The van der Waals surface area contributed by atoms with E-state index in [0.717, 1.165) is 9.44 Å². The molecule has 0 fully saturated rings. The van der Waals surface area contributed by atoms with E-state index in [0.29, 0.717) is 56.0 Å². The van der Waals surface area contributed by atoms with E-state index in [-0.39, 0.29) is 18.2 Å². The fraction of sp³-hybridized carbons (Fsp3) is 0.182. The molecule has 0 saturated heterocycles. The van der Waals surface area contributed by atoms with Crippen LogP contribution in [0, 0.1) is 0 Å². The number of thiophene rings is 1. The van der Waals surface area contributed by atoms with Gasteiger partial charge in [-0.2, -0.15) is 4.99 Å². The molecule has 5 rings (SSSR count). The number of carbonyl (C=O) groups is 2. The highest BCUT2D eigenvalue weighted by atomic mass is 32.1. The second kappa shape index (κ2) is 13.0. The van der Waals surface area contributed by atoms with Gasteiger partial charge in [-0.15, -0.1) is 11.3 Å². The Hall–Kier alpha value is -5.49. The summed E-state index contributed by atoms with van der Waals surface area (Å²) in [6.07, 6.45) is -0.734. The van der Waals surface area contributed by atoms with Crippen LogP contribution in [0.1, 0.15) is 33.3 Å². The minimum Gasteiger partial charge on any atom is -0.497 e. The highest BCUT2D eigenvalue weighted by molar-refractivity contribution is 7.18. The van der Waals surface area contributed by atoms with Crippen molar-refractivity contribution in [1.29, 1.82) is 0 Å². The first-order chi connectivity index (χ1) is 21.6. The fourth-order valence-electron chi connectivity index (χ4n) is 5.05. The quantitative estimate of drug-likeness (QED) is 0.127. The van der Waals surface area contributed by atoms with E-state index in [9.17, 15) is 19.2 Å². The van der Waals surface area contributed by atoms with Crippen LogP contribution in [0.4, 0.5) is 4.79 Å². The molecule has 0 aliphatic heterocycles. The molecule has 0 radical (unpaired) electrons. The topological polar surface area (TPSA) is 155 Å². The van der Waals surface area contributed by atoms with Gasteiger partial charge in [-0.25, -0.2) is 9.59 Å². The molecule has 2 heterocycles. The molecule has 2 aromatic heterocycles. The number of hydrogen-bond donors (Lipinski definition) is 2. The number of fused-ring (bicyclic) bond motifs is 1. The largest absolute Gasteiger partial charge is 0.497 e. The Morgan fingerprint density at radius 1 is 0.956 bits per heavy atom. The second-order valence-corrected chi connectivity index (χ2v) is 11.2. The smallest absolute Gasteiger partial charge is 0.433 e. The van der Waals surface area contributed by atoms with E-state index < -0.39 is 23.9 Å². The molecule has 5 aromatic rings. The number of carboxylic acid groups (broad SMARTS) is 1. The summed E-state index contributed by atoms with van der Waals surface area (Å²) in [5.41, 5.74) is 7.59. The normalized spacial score (nSPS) is 11.5. The molecule has 11 nitrogen and oxygen atoms in total. The molecule has 0 unspecified atom stereocenters. The van der Waals surface area contributed by atoms with Gasteiger partial charge in [0.25, 0.3) is 5.56 Å². The molecular formula is C33H30N4O7S. The Kier molecular flexibility index (Phi) is 8.96. The highest BCUT2D eigenvalue weighted by Crippen LogP contribution is 2.31. The molecule has 12 heteroatoms. The molecular weight excluding hydrogens is 596 g/mol. The van der Waals surface area contributed by atoms with Crippen molar-refractivity contribution in [2.75, 3.05) is 14.2 Å². The number of rotatable bonds is 10. The van der Waals surface area contributed by atoms with E-state index in [1.165, 1.54) is 30.1 Å². The molecule has 0 atom stereocenters. The minimum atomic E-state index is -1.40. The van der Waals surface area contributed by atoms with Crippen molar-refractivity contribution in [3.8, 4) is 22.6 Å². The zero-order chi connectivity index (χ0) is 32.2. The molecule has 1 amide bonds. The number of aromatic nitrogens is 2. The van der Waals surface area contributed by atoms with Gasteiger partial charge >= 0.3 is 11.8 Å². The number of ether oxygens (including phenoxy) is 2. The third kappa shape index (κ3) is 6.27. The number of Topliss-reactive ketones (excluding diaryl/α,β-unsaturated/α-hetero) is 1. The first kappa shape index (κ1) is 31.0. The molecule has 3 aromatic carbocycles. The van der Waals surface area contributed by atoms with E-state index in [4.69, 9.17) is 20.3 Å². The van der Waals surface area contributed by atoms with Gasteiger partial charge in [0, 0.05) is 21.6 Å². The van der Waals surface area contributed by atoms with Gasteiger partial charge in [-0.1, -0.05) is 43.3 Å². The zero-order valence-electron chi connectivity index (χ0n) is 24.8. The van der Waals surface area contributed by atoms with Crippen LogP contribution in [-0.4, -0.2) is 46.2 Å². The lowest BCUT2D eigenvalue weighted by molar-refractivity contribution is 0.0968. The Bertz CT molecular complexity index is 2070. The lowest BCUT2D eigenvalue weighted by atomic mass is 9.97. The first-order valence-corrected chi connectivity index (χ1v) is 14.7. The summed E-state index contributed by atoms with van der Waals surface area (Å²) in [6.45, 7) is 1.60. The first-order valence-electron chi connectivity index (χ1n) is 13.9. The van der Waals surface area contributed by atoms with Gasteiger partial charge in [0.15, 0.2) is 5.78 Å². The number of aliphatic imine (C=N–C) groups is 1. The van der Waals surface area contributed by atoms with Gasteiger partial charge in [-0.3, -0.25) is 18.7 Å². The number of hydrogen-bond acceptors (Lipinski definition) is 7. The Labute approximate surface area is 261 Å². The molecule has 0 bridgehead atoms. The number of carbonyl (C=O) groups excluding carboxylic acids is 1. The van der Waals surface area contributed by atoms with Crippen LogP contribution in [0.5, 0.6) is 11.5 Å². The Morgan fingerprint density at radius 3 is 2.36 bits per heavy atom. The van der Waals surface area contributed by atoms with Gasteiger partial charge in [0.05, 0.1) is 32.7 Å². The highest BCUT2D eigenvalue weighted by Gasteiger charge is 2.20. The fourth-order valence-corrected chi connectivity index (χ4v) is 6.13. The van der Waals surface area contributed by atoms with Crippen LogP contribution in [0.25, 0.3) is 21.3 Å². The summed E-state index contributed by atoms with van der Waals surface area (Å²) >= 11 is 1.36. The van der Waals surface area contributed by atoms with E-state index in [1.807, 2.05) is 13.0 Å². The SMILES string of the molecule is CCc1cc2c(=O)n(CC(=O)c3ccc(OC)cc3)c(=O)n(Cc3ccc(-c4ccccc4C(N)=NC(=O)O)cc3OC)c2s1. The Morgan fingerprint density at radius 2 is 1.69 bits per heavy atom. The van der Waals surface area contributed by atoms with Crippen molar-refractivity contribution >= 4 is 39.3 Å². The number of benzene rings is 3. The number of ketones is 1. The maximum atomic E-state index is 13.9. The van der Waals surface area contributed by atoms with Crippen molar-refractivity contribution < 1.29 is 24.2 Å². The Balaban J connectivity index is 1.58.